The van der Waals surface area contributed by atoms with Gasteiger partial charge in [0.15, 0.2) is 0 Å². The number of hydrogen-bond donors (Lipinski definition) is 1. The average molecular weight is 269 g/mol. The Morgan fingerprint density at radius 1 is 1.35 bits per heavy atom. The maximum absolute atomic E-state index is 5.67. The van der Waals surface area contributed by atoms with E-state index in [9.17, 15) is 0 Å². The Kier molecular flexibility index (Phi) is 3.56. The molecule has 4 heteroatoms. The van der Waals surface area contributed by atoms with E-state index in [0.717, 1.165) is 29.5 Å². The zero-order valence-corrected chi connectivity index (χ0v) is 11.8. The molecule has 0 radical (unpaired) electrons. The zero-order valence-electron chi connectivity index (χ0n) is 11.8. The Hall–Kier alpha value is -2.07. The van der Waals surface area contributed by atoms with Gasteiger partial charge in [0.05, 0.1) is 18.5 Å². The van der Waals surface area contributed by atoms with E-state index < -0.39 is 0 Å². The van der Waals surface area contributed by atoms with Crippen molar-refractivity contribution in [1.82, 2.24) is 15.1 Å². The van der Waals surface area contributed by atoms with Gasteiger partial charge in [-0.3, -0.25) is 4.68 Å². The van der Waals surface area contributed by atoms with Crippen LogP contribution in [0, 0.1) is 0 Å². The van der Waals surface area contributed by atoms with Crippen molar-refractivity contribution in [3.8, 4) is 0 Å². The summed E-state index contributed by atoms with van der Waals surface area (Å²) < 4.78 is 7.50. The van der Waals surface area contributed by atoms with Crippen molar-refractivity contribution in [2.45, 2.75) is 19.4 Å². The van der Waals surface area contributed by atoms with Gasteiger partial charge in [0.25, 0.3) is 0 Å². The minimum Gasteiger partial charge on any atom is -0.464 e. The maximum Gasteiger partial charge on any atom is 0.134 e. The summed E-state index contributed by atoms with van der Waals surface area (Å²) in [7, 11) is 1.94. The summed E-state index contributed by atoms with van der Waals surface area (Å²) in [5.74, 6) is 0. The SMILES string of the molecule is CCCNC(c1cnn(C)c1)c1coc2ccccc12. The fourth-order valence-electron chi connectivity index (χ4n) is 2.51. The van der Waals surface area contributed by atoms with Crippen LogP contribution in [0.5, 0.6) is 0 Å². The minimum atomic E-state index is 0.118. The number of para-hydroxylation sites is 1. The van der Waals surface area contributed by atoms with Crippen molar-refractivity contribution >= 4 is 11.0 Å². The molecule has 0 saturated heterocycles. The molecule has 0 saturated carbocycles. The molecule has 0 fully saturated rings. The average Bonchev–Trinajstić information content (AvgIpc) is 3.07. The number of hydrogen-bond acceptors (Lipinski definition) is 3. The Balaban J connectivity index is 2.04. The largest absolute Gasteiger partial charge is 0.464 e. The van der Waals surface area contributed by atoms with E-state index in [2.05, 4.69) is 29.6 Å². The summed E-state index contributed by atoms with van der Waals surface area (Å²) in [5, 5.41) is 9.02. The molecule has 0 aliphatic carbocycles. The molecular formula is C16H19N3O. The molecule has 0 aliphatic rings. The molecule has 0 bridgehead atoms. The lowest BCUT2D eigenvalue weighted by atomic mass is 10.0. The zero-order chi connectivity index (χ0) is 13.9. The first-order valence-corrected chi connectivity index (χ1v) is 6.97. The van der Waals surface area contributed by atoms with Crippen LogP contribution in [0.3, 0.4) is 0 Å². The van der Waals surface area contributed by atoms with Crippen LogP contribution in [-0.4, -0.2) is 16.3 Å². The van der Waals surface area contributed by atoms with Gasteiger partial charge < -0.3 is 9.73 Å². The molecule has 1 N–H and O–H groups in total. The second-order valence-corrected chi connectivity index (χ2v) is 5.02. The quantitative estimate of drug-likeness (QED) is 0.773. The van der Waals surface area contributed by atoms with Crippen LogP contribution in [0.15, 0.2) is 47.3 Å². The van der Waals surface area contributed by atoms with Gasteiger partial charge in [0.2, 0.25) is 0 Å². The first-order valence-electron chi connectivity index (χ1n) is 6.97. The number of nitrogens with one attached hydrogen (secondary N) is 1. The Morgan fingerprint density at radius 2 is 2.20 bits per heavy atom. The van der Waals surface area contributed by atoms with Crippen molar-refractivity contribution < 1.29 is 4.42 Å². The summed E-state index contributed by atoms with van der Waals surface area (Å²) in [5.41, 5.74) is 3.25. The second-order valence-electron chi connectivity index (χ2n) is 5.02. The van der Waals surface area contributed by atoms with E-state index in [0.29, 0.717) is 0 Å². The molecule has 2 aromatic heterocycles. The number of nitrogens with zero attached hydrogens (tertiary/aromatic N) is 2. The number of fused-ring (bicyclic) bond motifs is 1. The lowest BCUT2D eigenvalue weighted by molar-refractivity contribution is 0.571. The molecule has 4 nitrogen and oxygen atoms in total. The van der Waals surface area contributed by atoms with Gasteiger partial charge in [0.1, 0.15) is 5.58 Å². The van der Waals surface area contributed by atoms with Crippen LogP contribution in [0.2, 0.25) is 0 Å². The van der Waals surface area contributed by atoms with E-state index >= 15 is 0 Å². The molecule has 1 aromatic carbocycles. The van der Waals surface area contributed by atoms with Crippen molar-refractivity contribution in [2.24, 2.45) is 7.05 Å². The third kappa shape index (κ3) is 2.34. The predicted octanol–water partition coefficient (Wildman–Crippen LogP) is 3.26. The molecule has 1 unspecified atom stereocenters. The fourth-order valence-corrected chi connectivity index (χ4v) is 2.51. The topological polar surface area (TPSA) is 43.0 Å². The molecule has 1 atom stereocenters. The highest BCUT2D eigenvalue weighted by Crippen LogP contribution is 2.30. The van der Waals surface area contributed by atoms with E-state index in [1.54, 1.807) is 0 Å². The van der Waals surface area contributed by atoms with Crippen LogP contribution >= 0.6 is 0 Å². The van der Waals surface area contributed by atoms with Gasteiger partial charge in [-0.15, -0.1) is 0 Å². The van der Waals surface area contributed by atoms with Gasteiger partial charge in [0, 0.05) is 29.8 Å². The van der Waals surface area contributed by atoms with E-state index in [4.69, 9.17) is 4.42 Å². The van der Waals surface area contributed by atoms with Crippen LogP contribution < -0.4 is 5.32 Å². The highest BCUT2D eigenvalue weighted by atomic mass is 16.3. The van der Waals surface area contributed by atoms with Crippen LogP contribution in [-0.2, 0) is 7.05 Å². The summed E-state index contributed by atoms with van der Waals surface area (Å²) in [6, 6.07) is 8.26. The number of benzene rings is 1. The highest BCUT2D eigenvalue weighted by Gasteiger charge is 2.19. The highest BCUT2D eigenvalue weighted by molar-refractivity contribution is 5.81. The smallest absolute Gasteiger partial charge is 0.134 e. The van der Waals surface area contributed by atoms with Gasteiger partial charge in [-0.1, -0.05) is 25.1 Å². The number of furan rings is 1. The molecule has 3 aromatic rings. The van der Waals surface area contributed by atoms with Crippen molar-refractivity contribution in [2.75, 3.05) is 6.54 Å². The number of aromatic nitrogens is 2. The van der Waals surface area contributed by atoms with Crippen molar-refractivity contribution in [1.29, 1.82) is 0 Å². The Labute approximate surface area is 118 Å². The molecule has 0 aliphatic heterocycles. The minimum absolute atomic E-state index is 0.118. The van der Waals surface area contributed by atoms with Crippen LogP contribution in [0.1, 0.15) is 30.5 Å². The lowest BCUT2D eigenvalue weighted by Crippen LogP contribution is -2.22. The first kappa shape index (κ1) is 12.9. The maximum atomic E-state index is 5.67. The summed E-state index contributed by atoms with van der Waals surface area (Å²) >= 11 is 0. The van der Waals surface area contributed by atoms with Gasteiger partial charge in [-0.2, -0.15) is 5.10 Å². The van der Waals surface area contributed by atoms with Crippen LogP contribution in [0.4, 0.5) is 0 Å². The van der Waals surface area contributed by atoms with Crippen molar-refractivity contribution in [3.63, 3.8) is 0 Å². The Morgan fingerprint density at radius 3 is 2.95 bits per heavy atom. The monoisotopic (exact) mass is 269 g/mol. The molecular weight excluding hydrogens is 250 g/mol. The molecule has 0 amide bonds. The molecule has 104 valence electrons. The molecule has 20 heavy (non-hydrogen) atoms. The van der Waals surface area contributed by atoms with E-state index in [1.807, 2.05) is 42.4 Å². The summed E-state index contributed by atoms with van der Waals surface area (Å²) in [4.78, 5) is 0. The second kappa shape index (κ2) is 5.51. The Bertz CT molecular complexity index is 698. The standard InChI is InChI=1S/C16H19N3O/c1-3-8-17-16(12-9-18-19(2)10-12)14-11-20-15-7-5-4-6-13(14)15/h4-7,9-11,16-17H,3,8H2,1-2H3. The summed E-state index contributed by atoms with van der Waals surface area (Å²) in [6.45, 7) is 3.12. The molecule has 3 rings (SSSR count). The van der Waals surface area contributed by atoms with Crippen molar-refractivity contribution in [3.05, 3.63) is 54.0 Å². The summed E-state index contributed by atoms with van der Waals surface area (Å²) in [6.07, 6.45) is 6.90. The third-order valence-corrected chi connectivity index (χ3v) is 3.48. The van der Waals surface area contributed by atoms with E-state index in [1.165, 1.54) is 5.56 Å². The normalized spacial score (nSPS) is 12.9. The molecule has 2 heterocycles. The lowest BCUT2D eigenvalue weighted by Gasteiger charge is -2.16. The van der Waals surface area contributed by atoms with E-state index in [-0.39, 0.29) is 6.04 Å². The van der Waals surface area contributed by atoms with Gasteiger partial charge in [-0.25, -0.2) is 0 Å². The van der Waals surface area contributed by atoms with Crippen LogP contribution in [0.25, 0.3) is 11.0 Å². The fraction of sp³-hybridized carbons (Fsp3) is 0.312. The van der Waals surface area contributed by atoms with Gasteiger partial charge in [-0.05, 0) is 19.0 Å². The predicted molar refractivity (Wildman–Crippen MR) is 79.6 cm³/mol. The molecule has 0 spiro atoms. The number of rotatable bonds is 5. The number of aryl methyl sites for hydroxylation is 1. The first-order chi connectivity index (χ1) is 9.79. The third-order valence-electron chi connectivity index (χ3n) is 3.48. The van der Waals surface area contributed by atoms with Gasteiger partial charge >= 0.3 is 0 Å².